The maximum absolute atomic E-state index is 10.5. The molecule has 0 radical (unpaired) electrons. The minimum absolute atomic E-state index is 0.0302. The summed E-state index contributed by atoms with van der Waals surface area (Å²) in [7, 11) is 0. The predicted octanol–water partition coefficient (Wildman–Crippen LogP) is 4.16. The number of hydrogen-bond donors (Lipinski definition) is 1. The topological polar surface area (TPSA) is 55.8 Å². The molecule has 0 aliphatic carbocycles. The van der Waals surface area contributed by atoms with Gasteiger partial charge in [-0.1, -0.05) is 42.5 Å². The standard InChI is InChI=1S/C18H23ClO4/c19-12-17-22-13-15(10-4-1-2-7-11-16(20)21)18(23-17)14-8-5-3-6-9-14/h1,3-6,8-9,15,17-18H,2,7,10-13H2,(H,20,21)/b4-1-. The van der Waals surface area contributed by atoms with Gasteiger partial charge in [-0.25, -0.2) is 0 Å². The second-order valence-corrected chi connectivity index (χ2v) is 5.95. The molecule has 23 heavy (non-hydrogen) atoms. The molecule has 1 N–H and O–H groups in total. The van der Waals surface area contributed by atoms with E-state index in [4.69, 9.17) is 26.2 Å². The van der Waals surface area contributed by atoms with Crippen molar-refractivity contribution in [1.82, 2.24) is 0 Å². The van der Waals surface area contributed by atoms with Crippen LogP contribution in [0.3, 0.4) is 0 Å². The minimum atomic E-state index is -0.747. The molecule has 4 nitrogen and oxygen atoms in total. The van der Waals surface area contributed by atoms with Gasteiger partial charge < -0.3 is 14.6 Å². The van der Waals surface area contributed by atoms with Crippen molar-refractivity contribution in [2.45, 2.75) is 38.1 Å². The number of carboxylic acids is 1. The molecular formula is C18H23ClO4. The van der Waals surface area contributed by atoms with Gasteiger partial charge in [-0.05, 0) is 24.8 Å². The predicted molar refractivity (Wildman–Crippen MR) is 89.5 cm³/mol. The van der Waals surface area contributed by atoms with Crippen LogP contribution in [0.4, 0.5) is 0 Å². The molecule has 126 valence electrons. The second-order valence-electron chi connectivity index (χ2n) is 5.64. The molecule has 1 aromatic carbocycles. The number of aliphatic carboxylic acids is 1. The lowest BCUT2D eigenvalue weighted by molar-refractivity contribution is -0.228. The van der Waals surface area contributed by atoms with Gasteiger partial charge in [0.25, 0.3) is 0 Å². The third-order valence-electron chi connectivity index (χ3n) is 3.84. The first-order valence-corrected chi connectivity index (χ1v) is 8.49. The van der Waals surface area contributed by atoms with Gasteiger partial charge in [0.05, 0.1) is 18.6 Å². The molecule has 0 aromatic heterocycles. The molecule has 3 unspecified atom stereocenters. The molecule has 0 bridgehead atoms. The summed E-state index contributed by atoms with van der Waals surface area (Å²) in [6, 6.07) is 10.1. The minimum Gasteiger partial charge on any atom is -0.481 e. The maximum Gasteiger partial charge on any atom is 0.303 e. The molecule has 1 heterocycles. The zero-order valence-electron chi connectivity index (χ0n) is 13.1. The highest BCUT2D eigenvalue weighted by atomic mass is 35.5. The molecule has 2 rings (SSSR count). The number of ether oxygens (including phenoxy) is 2. The summed E-state index contributed by atoms with van der Waals surface area (Å²) in [5.74, 6) is -0.197. The van der Waals surface area contributed by atoms with E-state index in [1.807, 2.05) is 24.3 Å². The summed E-state index contributed by atoms with van der Waals surface area (Å²) < 4.78 is 11.6. The first-order chi connectivity index (χ1) is 11.2. The van der Waals surface area contributed by atoms with Crippen LogP contribution in [0, 0.1) is 5.92 Å². The molecule has 1 aliphatic rings. The molecular weight excluding hydrogens is 316 g/mol. The Morgan fingerprint density at radius 1 is 1.30 bits per heavy atom. The highest BCUT2D eigenvalue weighted by Crippen LogP contribution is 2.34. The Hall–Kier alpha value is -1.36. The van der Waals surface area contributed by atoms with Gasteiger partial charge in [0.15, 0.2) is 6.29 Å². The van der Waals surface area contributed by atoms with Gasteiger partial charge in [-0.2, -0.15) is 0 Å². The highest BCUT2D eigenvalue weighted by molar-refractivity contribution is 6.18. The average molecular weight is 339 g/mol. The SMILES string of the molecule is O=C(O)CCC/C=C\CC1COC(CCl)OC1c1ccccc1. The van der Waals surface area contributed by atoms with E-state index in [9.17, 15) is 4.79 Å². The van der Waals surface area contributed by atoms with Crippen molar-refractivity contribution in [2.75, 3.05) is 12.5 Å². The highest BCUT2D eigenvalue weighted by Gasteiger charge is 2.31. The van der Waals surface area contributed by atoms with Crippen LogP contribution in [-0.4, -0.2) is 29.9 Å². The number of unbranched alkanes of at least 4 members (excludes halogenated alkanes) is 1. The first-order valence-electron chi connectivity index (χ1n) is 7.95. The Morgan fingerprint density at radius 3 is 2.78 bits per heavy atom. The number of carbonyl (C=O) groups is 1. The van der Waals surface area contributed by atoms with Gasteiger partial charge in [-0.3, -0.25) is 4.79 Å². The average Bonchev–Trinajstić information content (AvgIpc) is 2.58. The van der Waals surface area contributed by atoms with Crippen LogP contribution in [0.5, 0.6) is 0 Å². The quantitative estimate of drug-likeness (QED) is 0.439. The number of allylic oxidation sites excluding steroid dienone is 2. The summed E-state index contributed by atoms with van der Waals surface area (Å²) in [6.45, 7) is 0.608. The number of carboxylic acid groups (broad SMARTS) is 1. The number of alkyl halides is 1. The molecule has 1 aliphatic heterocycles. The van der Waals surface area contributed by atoms with E-state index in [2.05, 4.69) is 18.2 Å². The Labute approximate surface area is 142 Å². The summed E-state index contributed by atoms with van der Waals surface area (Å²) in [6.07, 6.45) is 6.23. The van der Waals surface area contributed by atoms with Gasteiger partial charge in [-0.15, -0.1) is 11.6 Å². The molecule has 0 spiro atoms. The van der Waals surface area contributed by atoms with Crippen LogP contribution >= 0.6 is 11.6 Å². The van der Waals surface area contributed by atoms with Crippen LogP contribution in [0.15, 0.2) is 42.5 Å². The van der Waals surface area contributed by atoms with Crippen LogP contribution in [0.25, 0.3) is 0 Å². The third kappa shape index (κ3) is 5.98. The van der Waals surface area contributed by atoms with Crippen LogP contribution in [0.1, 0.15) is 37.4 Å². The van der Waals surface area contributed by atoms with E-state index in [1.54, 1.807) is 0 Å². The molecule has 3 atom stereocenters. The fourth-order valence-corrected chi connectivity index (χ4v) is 2.82. The van der Waals surface area contributed by atoms with Crippen molar-refractivity contribution in [3.63, 3.8) is 0 Å². The lowest BCUT2D eigenvalue weighted by atomic mass is 9.92. The molecule has 0 saturated carbocycles. The first kappa shape index (κ1) is 18.0. The lowest BCUT2D eigenvalue weighted by Gasteiger charge is -2.36. The normalized spacial score (nSPS) is 24.8. The smallest absolute Gasteiger partial charge is 0.303 e. The number of benzene rings is 1. The van der Waals surface area contributed by atoms with Crippen molar-refractivity contribution >= 4 is 17.6 Å². The van der Waals surface area contributed by atoms with Crippen LogP contribution in [0.2, 0.25) is 0 Å². The van der Waals surface area contributed by atoms with Crippen LogP contribution < -0.4 is 0 Å². The fraction of sp³-hybridized carbons (Fsp3) is 0.500. The Kier molecular flexibility index (Phi) is 7.59. The van der Waals surface area contributed by atoms with Crippen molar-refractivity contribution < 1.29 is 19.4 Å². The number of hydrogen-bond acceptors (Lipinski definition) is 3. The summed E-state index contributed by atoms with van der Waals surface area (Å²) in [5.41, 5.74) is 1.13. The molecule has 1 fully saturated rings. The molecule has 0 amide bonds. The third-order valence-corrected chi connectivity index (χ3v) is 4.10. The van der Waals surface area contributed by atoms with E-state index in [0.717, 1.165) is 18.4 Å². The molecule has 1 saturated heterocycles. The van der Waals surface area contributed by atoms with Gasteiger partial charge in [0, 0.05) is 12.3 Å². The van der Waals surface area contributed by atoms with E-state index >= 15 is 0 Å². The van der Waals surface area contributed by atoms with E-state index in [-0.39, 0.29) is 24.7 Å². The summed E-state index contributed by atoms with van der Waals surface area (Å²) in [4.78, 5) is 10.5. The number of halogens is 1. The maximum atomic E-state index is 10.5. The number of rotatable bonds is 8. The van der Waals surface area contributed by atoms with Crippen molar-refractivity contribution in [3.05, 3.63) is 48.0 Å². The van der Waals surface area contributed by atoms with E-state index in [1.165, 1.54) is 0 Å². The fourth-order valence-electron chi connectivity index (χ4n) is 2.66. The van der Waals surface area contributed by atoms with Crippen molar-refractivity contribution in [2.24, 2.45) is 5.92 Å². The monoisotopic (exact) mass is 338 g/mol. The zero-order valence-corrected chi connectivity index (χ0v) is 13.8. The summed E-state index contributed by atoms with van der Waals surface area (Å²) >= 11 is 5.86. The zero-order chi connectivity index (χ0) is 16.5. The van der Waals surface area contributed by atoms with Crippen molar-refractivity contribution in [3.8, 4) is 0 Å². The lowest BCUT2D eigenvalue weighted by Crippen LogP contribution is -2.35. The second kappa shape index (κ2) is 9.71. The molecule has 5 heteroatoms. The Bertz CT molecular complexity index is 503. The van der Waals surface area contributed by atoms with Crippen molar-refractivity contribution in [1.29, 1.82) is 0 Å². The molecule has 1 aromatic rings. The summed E-state index contributed by atoms with van der Waals surface area (Å²) in [5, 5.41) is 8.61. The van der Waals surface area contributed by atoms with E-state index in [0.29, 0.717) is 18.9 Å². The Morgan fingerprint density at radius 2 is 2.09 bits per heavy atom. The largest absolute Gasteiger partial charge is 0.481 e. The van der Waals surface area contributed by atoms with Gasteiger partial charge in [0.1, 0.15) is 0 Å². The van der Waals surface area contributed by atoms with Crippen LogP contribution in [-0.2, 0) is 14.3 Å². The van der Waals surface area contributed by atoms with E-state index < -0.39 is 5.97 Å². The van der Waals surface area contributed by atoms with Gasteiger partial charge in [0.2, 0.25) is 0 Å². The van der Waals surface area contributed by atoms with Gasteiger partial charge >= 0.3 is 5.97 Å². The Balaban J connectivity index is 1.90.